The molecule has 0 aromatic carbocycles. The van der Waals surface area contributed by atoms with Gasteiger partial charge in [-0.05, 0) is 13.3 Å². The van der Waals surface area contributed by atoms with E-state index in [1.54, 1.807) is 7.11 Å². The largest absolute Gasteiger partial charge is 0.377 e. The van der Waals surface area contributed by atoms with Crippen LogP contribution in [0.15, 0.2) is 6.07 Å². The van der Waals surface area contributed by atoms with E-state index in [4.69, 9.17) is 10.00 Å². The van der Waals surface area contributed by atoms with Gasteiger partial charge in [-0.3, -0.25) is 0 Å². The van der Waals surface area contributed by atoms with Crippen molar-refractivity contribution in [3.05, 3.63) is 11.9 Å². The summed E-state index contributed by atoms with van der Waals surface area (Å²) >= 11 is 0. The highest BCUT2D eigenvalue weighted by Gasteiger charge is 2.11. The number of hydrogen-bond donors (Lipinski definition) is 1. The minimum absolute atomic E-state index is 0.0482. The van der Waals surface area contributed by atoms with Crippen LogP contribution in [0.3, 0.4) is 0 Å². The lowest BCUT2D eigenvalue weighted by Crippen LogP contribution is -2.25. The first-order chi connectivity index (χ1) is 9.60. The summed E-state index contributed by atoms with van der Waals surface area (Å²) in [5.41, 5.74) is 0. The molecule has 0 aliphatic rings. The summed E-state index contributed by atoms with van der Waals surface area (Å²) in [6.07, 6.45) is 1.03. The molecule has 1 aromatic heterocycles. The average molecular weight is 277 g/mol. The Bertz CT molecular complexity index is 457. The molecule has 1 heterocycles. The Labute approximate surface area is 120 Å². The van der Waals surface area contributed by atoms with E-state index in [0.717, 1.165) is 24.6 Å². The van der Waals surface area contributed by atoms with Crippen molar-refractivity contribution in [2.45, 2.75) is 26.9 Å². The maximum Gasteiger partial charge on any atom is 0.158 e. The molecule has 0 fully saturated rings. The molecule has 0 aliphatic carbocycles. The third kappa shape index (κ3) is 5.02. The molecular weight excluding hydrogens is 254 g/mol. The van der Waals surface area contributed by atoms with E-state index < -0.39 is 0 Å². The van der Waals surface area contributed by atoms with E-state index in [9.17, 15) is 0 Å². The third-order valence-corrected chi connectivity index (χ3v) is 2.75. The zero-order chi connectivity index (χ0) is 15.0. The Kier molecular flexibility index (Phi) is 6.74. The molecule has 0 radical (unpaired) electrons. The maximum absolute atomic E-state index is 8.90. The normalized spacial score (nSPS) is 11.8. The number of nitriles is 1. The first kappa shape index (κ1) is 16.2. The van der Waals surface area contributed by atoms with Crippen LogP contribution in [0.2, 0.25) is 0 Å². The van der Waals surface area contributed by atoms with E-state index in [1.165, 1.54) is 0 Å². The first-order valence-electron chi connectivity index (χ1n) is 6.82. The lowest BCUT2D eigenvalue weighted by atomic mass is 10.2. The van der Waals surface area contributed by atoms with Crippen molar-refractivity contribution in [1.29, 1.82) is 5.26 Å². The van der Waals surface area contributed by atoms with Crippen LogP contribution in [-0.4, -0.2) is 37.2 Å². The summed E-state index contributed by atoms with van der Waals surface area (Å²) in [6, 6.07) is 4.13. The van der Waals surface area contributed by atoms with E-state index in [2.05, 4.69) is 28.3 Å². The fourth-order valence-corrected chi connectivity index (χ4v) is 1.76. The monoisotopic (exact) mass is 277 g/mol. The maximum atomic E-state index is 8.90. The second kappa shape index (κ2) is 8.33. The number of rotatable bonds is 8. The highest BCUT2D eigenvalue weighted by Crippen LogP contribution is 2.16. The number of ether oxygens (including phenoxy) is 1. The predicted octanol–water partition coefficient (Wildman–Crippen LogP) is 2.04. The standard InChI is InChI=1S/C14H23N5O/c1-5-6-16-12-7-14(18-13(17-12)10-20-4)19(3)9-11(2)8-15/h7,11H,5-6,9-10H2,1-4H3,(H,16,17,18). The van der Waals surface area contributed by atoms with E-state index in [1.807, 2.05) is 24.9 Å². The van der Waals surface area contributed by atoms with Gasteiger partial charge in [0.1, 0.15) is 18.2 Å². The molecule has 0 bridgehead atoms. The van der Waals surface area contributed by atoms with Crippen LogP contribution in [0.4, 0.5) is 11.6 Å². The van der Waals surface area contributed by atoms with Gasteiger partial charge in [-0.25, -0.2) is 9.97 Å². The smallest absolute Gasteiger partial charge is 0.158 e. The van der Waals surface area contributed by atoms with Gasteiger partial charge in [-0.15, -0.1) is 0 Å². The Morgan fingerprint density at radius 2 is 2.25 bits per heavy atom. The quantitative estimate of drug-likeness (QED) is 0.784. The van der Waals surface area contributed by atoms with Crippen molar-refractivity contribution in [3.63, 3.8) is 0 Å². The highest BCUT2D eigenvalue weighted by atomic mass is 16.5. The van der Waals surface area contributed by atoms with Crippen LogP contribution in [0.1, 0.15) is 26.1 Å². The summed E-state index contributed by atoms with van der Waals surface area (Å²) in [5, 5.41) is 12.2. The first-order valence-corrected chi connectivity index (χ1v) is 6.82. The molecule has 0 saturated carbocycles. The number of hydrogen-bond acceptors (Lipinski definition) is 6. The van der Waals surface area contributed by atoms with Crippen LogP contribution in [-0.2, 0) is 11.3 Å². The number of aromatic nitrogens is 2. The number of anilines is 2. The number of nitrogens with zero attached hydrogens (tertiary/aromatic N) is 4. The van der Waals surface area contributed by atoms with Crippen LogP contribution >= 0.6 is 0 Å². The Hall–Kier alpha value is -1.87. The molecule has 6 heteroatoms. The lowest BCUT2D eigenvalue weighted by Gasteiger charge is -2.20. The molecule has 0 amide bonds. The molecule has 0 saturated heterocycles. The Morgan fingerprint density at radius 1 is 1.50 bits per heavy atom. The van der Waals surface area contributed by atoms with E-state index >= 15 is 0 Å². The molecule has 1 unspecified atom stereocenters. The van der Waals surface area contributed by atoms with Crippen LogP contribution < -0.4 is 10.2 Å². The lowest BCUT2D eigenvalue weighted by molar-refractivity contribution is 0.178. The highest BCUT2D eigenvalue weighted by molar-refractivity contribution is 5.49. The van der Waals surface area contributed by atoms with Crippen LogP contribution in [0.25, 0.3) is 0 Å². The summed E-state index contributed by atoms with van der Waals surface area (Å²) in [7, 11) is 3.55. The third-order valence-electron chi connectivity index (χ3n) is 2.75. The number of nitrogens with one attached hydrogen (secondary N) is 1. The van der Waals surface area contributed by atoms with Gasteiger partial charge in [-0.1, -0.05) is 6.92 Å². The fourth-order valence-electron chi connectivity index (χ4n) is 1.76. The zero-order valence-corrected chi connectivity index (χ0v) is 12.7. The van der Waals surface area contributed by atoms with Crippen LogP contribution in [0.5, 0.6) is 0 Å². The molecule has 0 spiro atoms. The summed E-state index contributed by atoms with van der Waals surface area (Å²) < 4.78 is 5.10. The molecule has 1 aromatic rings. The van der Waals surface area contributed by atoms with E-state index in [-0.39, 0.29) is 5.92 Å². The second-order valence-corrected chi connectivity index (χ2v) is 4.80. The van der Waals surface area contributed by atoms with Crippen molar-refractivity contribution in [1.82, 2.24) is 9.97 Å². The Morgan fingerprint density at radius 3 is 2.85 bits per heavy atom. The molecule has 6 nitrogen and oxygen atoms in total. The molecule has 0 aliphatic heterocycles. The molecule has 1 rings (SSSR count). The van der Waals surface area contributed by atoms with Crippen molar-refractivity contribution in [2.24, 2.45) is 5.92 Å². The molecule has 1 N–H and O–H groups in total. The molecule has 110 valence electrons. The minimum Gasteiger partial charge on any atom is -0.377 e. The molecule has 1 atom stereocenters. The van der Waals surface area contributed by atoms with Gasteiger partial charge < -0.3 is 15.0 Å². The van der Waals surface area contributed by atoms with Gasteiger partial charge in [0.2, 0.25) is 0 Å². The Balaban J connectivity index is 2.92. The van der Waals surface area contributed by atoms with Gasteiger partial charge >= 0.3 is 0 Å². The second-order valence-electron chi connectivity index (χ2n) is 4.80. The topological polar surface area (TPSA) is 74.1 Å². The van der Waals surface area contributed by atoms with Crippen molar-refractivity contribution >= 4 is 11.6 Å². The molecular formula is C14H23N5O. The summed E-state index contributed by atoms with van der Waals surface area (Å²) in [4.78, 5) is 10.8. The van der Waals surface area contributed by atoms with Crippen molar-refractivity contribution in [3.8, 4) is 6.07 Å². The minimum atomic E-state index is -0.0482. The summed E-state index contributed by atoms with van der Waals surface area (Å²) in [5.74, 6) is 2.18. The van der Waals surface area contributed by atoms with E-state index in [0.29, 0.717) is 19.0 Å². The number of methoxy groups -OCH3 is 1. The zero-order valence-electron chi connectivity index (χ0n) is 12.7. The summed E-state index contributed by atoms with van der Waals surface area (Å²) in [6.45, 7) is 5.86. The van der Waals surface area contributed by atoms with Gasteiger partial charge in [0.25, 0.3) is 0 Å². The van der Waals surface area contributed by atoms with Crippen molar-refractivity contribution < 1.29 is 4.74 Å². The van der Waals surface area contributed by atoms with Gasteiger partial charge in [0.05, 0.1) is 12.0 Å². The predicted molar refractivity (Wildman–Crippen MR) is 79.6 cm³/mol. The van der Waals surface area contributed by atoms with Crippen molar-refractivity contribution in [2.75, 3.05) is 37.5 Å². The molecule has 20 heavy (non-hydrogen) atoms. The van der Waals surface area contributed by atoms with Gasteiger partial charge in [0, 0.05) is 33.3 Å². The average Bonchev–Trinajstić information content (AvgIpc) is 2.45. The van der Waals surface area contributed by atoms with Gasteiger partial charge in [-0.2, -0.15) is 5.26 Å². The van der Waals surface area contributed by atoms with Crippen LogP contribution in [0, 0.1) is 17.2 Å². The van der Waals surface area contributed by atoms with Gasteiger partial charge in [0.15, 0.2) is 5.82 Å². The fraction of sp³-hybridized carbons (Fsp3) is 0.643. The SMILES string of the molecule is CCCNc1cc(N(C)CC(C)C#N)nc(COC)n1.